The Hall–Kier alpha value is -12.4. The normalized spacial score (nSPS) is 14.2. The summed E-state index contributed by atoms with van der Waals surface area (Å²) in [6.07, 6.45) is 15.1. The number of aromatic nitrogens is 5. The van der Waals surface area contributed by atoms with Crippen LogP contribution < -0.4 is 30.1 Å². The van der Waals surface area contributed by atoms with E-state index in [-0.39, 0.29) is 35.6 Å². The van der Waals surface area contributed by atoms with Crippen LogP contribution in [0.3, 0.4) is 0 Å². The molecular weight excluding hydrogens is 1370 g/mol. The van der Waals surface area contributed by atoms with Gasteiger partial charge in [0.25, 0.3) is 5.91 Å². The number of aryl methyl sites for hydroxylation is 1. The summed E-state index contributed by atoms with van der Waals surface area (Å²) in [6.45, 7) is 13.3. The molecule has 5 aromatic heterocycles. The second kappa shape index (κ2) is 32.5. The molecule has 4 aliphatic carbocycles. The molecule has 6 aromatic carbocycles. The van der Waals surface area contributed by atoms with Crippen LogP contribution in [0.1, 0.15) is 167 Å². The second-order valence-electron chi connectivity index (χ2n) is 28.4. The number of nitriles is 5. The topological polar surface area (TPSA) is 304 Å². The molecule has 0 aliphatic heterocycles. The Kier molecular flexibility index (Phi) is 22.2. The number of nitrogens with zero attached hydrogens (tertiary/aromatic N) is 10. The number of rotatable bonds is 23. The van der Waals surface area contributed by atoms with Gasteiger partial charge in [-0.1, -0.05) is 50.2 Å². The van der Waals surface area contributed by atoms with Crippen molar-refractivity contribution in [1.82, 2.24) is 29.0 Å². The van der Waals surface area contributed by atoms with Crippen molar-refractivity contribution in [3.05, 3.63) is 197 Å². The van der Waals surface area contributed by atoms with E-state index in [1.807, 2.05) is 107 Å². The van der Waals surface area contributed by atoms with E-state index in [0.717, 1.165) is 148 Å². The summed E-state index contributed by atoms with van der Waals surface area (Å²) in [4.78, 5) is 33.3. The number of amides is 2. The zero-order valence-electron chi connectivity index (χ0n) is 61.3. The summed E-state index contributed by atoms with van der Waals surface area (Å²) in [5.74, 6) is 2.59. The number of fused-ring (bicyclic) bond motifs is 3. The fourth-order valence-corrected chi connectivity index (χ4v) is 15.2. The predicted octanol–water partition coefficient (Wildman–Crippen LogP) is 19.3. The number of carbonyl (C=O) groups excluding carboxylic acids is 2. The Morgan fingerprint density at radius 1 is 0.574 bits per heavy atom. The van der Waals surface area contributed by atoms with Crippen molar-refractivity contribution in [3.8, 4) is 87.4 Å². The Morgan fingerprint density at radius 3 is 1.58 bits per heavy atom. The maximum atomic E-state index is 12.6. The van der Waals surface area contributed by atoms with E-state index >= 15 is 0 Å². The fourth-order valence-electron chi connectivity index (χ4n) is 14.1. The number of benzene rings is 6. The van der Waals surface area contributed by atoms with Crippen molar-refractivity contribution in [3.63, 3.8) is 0 Å². The predicted molar refractivity (Wildman–Crippen MR) is 419 cm³/mol. The van der Waals surface area contributed by atoms with Gasteiger partial charge < -0.3 is 38.5 Å². The number of carbonyl (C=O) groups is 2. The van der Waals surface area contributed by atoms with Crippen LogP contribution in [0.15, 0.2) is 158 Å². The first-order chi connectivity index (χ1) is 52.4. The highest BCUT2D eigenvalue weighted by atomic mass is 32.2. The minimum atomic E-state index is -3.41. The molecule has 5 heterocycles. The van der Waals surface area contributed by atoms with Gasteiger partial charge in [-0.05, 0) is 230 Å². The maximum Gasteiger partial charge on any atom is 0.411 e. The summed E-state index contributed by atoms with van der Waals surface area (Å²) in [6, 6.07) is 57.3. The van der Waals surface area contributed by atoms with Crippen LogP contribution in [-0.2, 0) is 21.3 Å². The van der Waals surface area contributed by atoms with Gasteiger partial charge in [0.15, 0.2) is 0 Å². The number of ether oxygens (including phenoxy) is 3. The lowest BCUT2D eigenvalue weighted by Crippen LogP contribution is -2.24. The molecule has 4 fully saturated rings. The van der Waals surface area contributed by atoms with Gasteiger partial charge in [0, 0.05) is 100 Å². The summed E-state index contributed by atoms with van der Waals surface area (Å²) in [5.41, 5.74) is 14.4. The van der Waals surface area contributed by atoms with Gasteiger partial charge in [-0.15, -0.1) is 0 Å². The molecule has 0 unspecified atom stereocenters. The molecule has 4 saturated carbocycles. The highest BCUT2D eigenvalue weighted by Crippen LogP contribution is 2.47. The minimum Gasteiger partial charge on any atom is -0.446 e. The van der Waals surface area contributed by atoms with Gasteiger partial charge in [-0.2, -0.15) is 26.3 Å². The van der Waals surface area contributed by atoms with Gasteiger partial charge in [0.05, 0.1) is 56.1 Å². The van der Waals surface area contributed by atoms with Crippen LogP contribution in [0.2, 0.25) is 0 Å². The Morgan fingerprint density at radius 2 is 1.09 bits per heavy atom. The van der Waals surface area contributed by atoms with Gasteiger partial charge >= 0.3 is 6.09 Å². The fraction of sp³-hybridized carbons (Fsp3) is 0.314. The lowest BCUT2D eigenvalue weighted by atomic mass is 9.92. The summed E-state index contributed by atoms with van der Waals surface area (Å²) < 4.78 is 51.4. The molecule has 15 rings (SSSR count). The molecule has 21 nitrogen and oxygen atoms in total. The number of nitrogens with one attached hydrogen (secondary N) is 4. The first-order valence-electron chi connectivity index (χ1n) is 37.0. The molecular formula is C86H84N14O7S. The monoisotopic (exact) mass is 1460 g/mol. The van der Waals surface area contributed by atoms with E-state index in [1.54, 1.807) is 54.9 Å². The van der Waals surface area contributed by atoms with Crippen LogP contribution >= 0.6 is 0 Å². The first kappa shape index (κ1) is 73.9. The molecule has 4 N–H and O–H groups in total. The first-order valence-corrected chi connectivity index (χ1v) is 38.7. The third-order valence-corrected chi connectivity index (χ3v) is 21.7. The van der Waals surface area contributed by atoms with E-state index in [0.29, 0.717) is 93.1 Å². The lowest BCUT2D eigenvalue weighted by Gasteiger charge is -2.30. The van der Waals surface area contributed by atoms with Gasteiger partial charge in [-0.3, -0.25) is 14.8 Å². The summed E-state index contributed by atoms with van der Waals surface area (Å²) >= 11 is 0. The third kappa shape index (κ3) is 16.2. The Balaban J connectivity index is 0.000000143. The lowest BCUT2D eigenvalue weighted by molar-refractivity contribution is 0.0953. The van der Waals surface area contributed by atoms with Crippen LogP contribution in [0.25, 0.3) is 66.5 Å². The number of pyridine rings is 2. The Labute approximate surface area is 629 Å². The maximum absolute atomic E-state index is 12.6. The van der Waals surface area contributed by atoms with Gasteiger partial charge in [0.1, 0.15) is 59.1 Å². The average Bonchev–Trinajstić information content (AvgIpc) is 1.61. The van der Waals surface area contributed by atoms with Crippen LogP contribution in [0.5, 0.6) is 23.3 Å². The third-order valence-electron chi connectivity index (χ3n) is 20.2. The molecule has 0 saturated heterocycles. The smallest absolute Gasteiger partial charge is 0.411 e. The highest BCUT2D eigenvalue weighted by Gasteiger charge is 2.33. The van der Waals surface area contributed by atoms with Crippen LogP contribution in [-0.4, -0.2) is 68.5 Å². The second-order valence-corrected chi connectivity index (χ2v) is 30.3. The van der Waals surface area contributed by atoms with Crippen molar-refractivity contribution >= 4 is 71.8 Å². The molecule has 2 amide bonds. The molecule has 0 bridgehead atoms. The largest absolute Gasteiger partial charge is 0.446 e. The van der Waals surface area contributed by atoms with Gasteiger partial charge in [-0.25, -0.2) is 23.2 Å². The number of hydrogen-bond donors (Lipinski definition) is 4. The van der Waals surface area contributed by atoms with Crippen molar-refractivity contribution < 1.29 is 32.2 Å². The zero-order valence-corrected chi connectivity index (χ0v) is 62.1. The summed E-state index contributed by atoms with van der Waals surface area (Å²) in [7, 11) is -3.41. The molecule has 11 aromatic rings. The van der Waals surface area contributed by atoms with E-state index in [1.165, 1.54) is 6.42 Å². The Bertz CT molecular complexity index is 5570. The average molecular weight is 1460 g/mol. The molecule has 108 heavy (non-hydrogen) atoms. The van der Waals surface area contributed by atoms with Crippen molar-refractivity contribution in [2.45, 2.75) is 149 Å². The SMILES string of the molecule is CC(C)Nc1ccc(-c2c(C#N)c3ccc(Oc4ncccc4C#N)cc3n2C2CCC2)cc1.CCCNC(=O)c1ccc2c(C#N)c(-c3ccc(NC(=O)O[C@H](C)C4CC4)cc3)n(C3CCC3)c2c1.CCCS(=O)(=O)Nc1ccc(-c2c(C#N)c3ccc(Oc4ncccc4C#N)cc3n2CC2CC2)c(C)c1. The van der Waals surface area contributed by atoms with Crippen molar-refractivity contribution in [1.29, 1.82) is 26.3 Å². The number of sulfonamides is 1. The van der Waals surface area contributed by atoms with Crippen LogP contribution in [0.4, 0.5) is 21.9 Å². The van der Waals surface area contributed by atoms with Gasteiger partial charge in [0.2, 0.25) is 21.8 Å². The number of hydrogen-bond acceptors (Lipinski definition) is 15. The molecule has 0 radical (unpaired) electrons. The molecule has 4 aliphatic rings. The quantitative estimate of drug-likeness (QED) is 0.0463. The van der Waals surface area contributed by atoms with E-state index in [9.17, 15) is 44.3 Å². The van der Waals surface area contributed by atoms with Crippen LogP contribution in [0, 0.1) is 75.4 Å². The van der Waals surface area contributed by atoms with Crippen molar-refractivity contribution in [2.75, 3.05) is 27.7 Å². The molecule has 0 spiro atoms. The minimum absolute atomic E-state index is 0.0563. The molecule has 22 heteroatoms. The highest BCUT2D eigenvalue weighted by molar-refractivity contribution is 7.92. The standard InChI is InChI=1S/C29H27N5O3S.C29H32N4O3.C28H25N5O/c1-3-13-38(35,36)33-22-8-10-24(19(2)14-22)28-26(17-31)25-11-9-23(15-27(25)34(28)18-20-6-7-20)37-29-21(16-30)5-4-12-32-29;1-3-15-31-28(34)21-11-14-24-25(17-30)27(33(26(24)16-21)23-5-4-6-23)20-9-12-22(13-10-20)32-29(35)36-18(2)19-7-8-19;1-18(2)32-21-10-8-19(9-11-21)27-25(17-30)24-13-12-23(15-26(24)33(27)22-6-3-7-22)34-28-20(16-29)5-4-14-31-28/h4-5,8-12,14-15,20,33H,3,6-7,13,18H2,1-2H3;9-14,16,18-19,23H,3-8,15H2,1-2H3,(H,31,34)(H,32,35);4-5,8-15,18,22,32H,3,6-7H2,1-2H3/t;18-;/m.1./s1. The van der Waals surface area contributed by atoms with E-state index < -0.39 is 16.1 Å². The van der Waals surface area contributed by atoms with Crippen molar-refractivity contribution in [2.24, 2.45) is 11.8 Å². The van der Waals surface area contributed by atoms with E-state index in [4.69, 9.17) is 14.2 Å². The molecule has 1 atom stereocenters. The number of anilines is 3. The molecule has 546 valence electrons. The summed E-state index contributed by atoms with van der Waals surface area (Å²) in [5, 5.41) is 61.1. The van der Waals surface area contributed by atoms with E-state index in [2.05, 4.69) is 113 Å². The zero-order chi connectivity index (χ0) is 75.8.